The summed E-state index contributed by atoms with van der Waals surface area (Å²) < 4.78 is 7.67. The molecule has 2 rings (SSSR count). The molecule has 0 saturated carbocycles. The zero-order valence-electron chi connectivity index (χ0n) is 10.5. The minimum Gasteiger partial charge on any atom is -0.496 e. The van der Waals surface area contributed by atoms with Crippen LogP contribution in [0.3, 0.4) is 0 Å². The monoisotopic (exact) mass is 461 g/mol. The van der Waals surface area contributed by atoms with Crippen LogP contribution in [-0.2, 0) is 6.42 Å². The number of carbonyl (C=O) groups excluding carboxylic acids is 1. The molecule has 0 N–H and O–H groups in total. The lowest BCUT2D eigenvalue weighted by molar-refractivity contribution is 0.0986. The van der Waals surface area contributed by atoms with Crippen LogP contribution in [0.4, 0.5) is 0 Å². The minimum atomic E-state index is -0.0687. The van der Waals surface area contributed by atoms with E-state index in [1.165, 1.54) is 0 Å². The summed E-state index contributed by atoms with van der Waals surface area (Å²) in [6.45, 7) is 0. The molecular formula is C14H10Br3NO2. The molecule has 104 valence electrons. The lowest BCUT2D eigenvalue weighted by Gasteiger charge is -2.09. The van der Waals surface area contributed by atoms with Gasteiger partial charge in [0.2, 0.25) is 0 Å². The first kappa shape index (κ1) is 15.7. The second-order valence-electron chi connectivity index (χ2n) is 4.04. The maximum absolute atomic E-state index is 12.3. The fourth-order valence-electron chi connectivity index (χ4n) is 1.76. The quantitative estimate of drug-likeness (QED) is 0.611. The number of ketones is 1. The summed E-state index contributed by atoms with van der Waals surface area (Å²) in [7, 11) is 1.59. The number of pyridine rings is 1. The lowest BCUT2D eigenvalue weighted by atomic mass is 10.1. The van der Waals surface area contributed by atoms with Gasteiger partial charge in [-0.3, -0.25) is 9.78 Å². The van der Waals surface area contributed by atoms with Crippen molar-refractivity contribution in [1.29, 1.82) is 0 Å². The van der Waals surface area contributed by atoms with Crippen LogP contribution in [0.2, 0.25) is 0 Å². The molecule has 0 amide bonds. The molecular weight excluding hydrogens is 454 g/mol. The summed E-state index contributed by atoms with van der Waals surface area (Å²) in [5, 5.41) is 0. The van der Waals surface area contributed by atoms with Crippen molar-refractivity contribution >= 4 is 53.6 Å². The molecule has 0 unspecified atom stereocenters. The van der Waals surface area contributed by atoms with E-state index in [2.05, 4.69) is 52.8 Å². The number of benzene rings is 1. The highest BCUT2D eigenvalue weighted by molar-refractivity contribution is 9.11. The highest BCUT2D eigenvalue weighted by Crippen LogP contribution is 2.26. The maximum Gasteiger partial charge on any atom is 0.186 e. The van der Waals surface area contributed by atoms with Crippen LogP contribution in [0.5, 0.6) is 5.75 Å². The van der Waals surface area contributed by atoms with Gasteiger partial charge in [0.05, 0.1) is 7.11 Å². The number of rotatable bonds is 4. The van der Waals surface area contributed by atoms with Crippen molar-refractivity contribution in [3.63, 3.8) is 0 Å². The first-order valence-corrected chi connectivity index (χ1v) is 8.06. The van der Waals surface area contributed by atoms with Crippen molar-refractivity contribution in [1.82, 2.24) is 4.98 Å². The smallest absolute Gasteiger partial charge is 0.186 e. The molecule has 3 nitrogen and oxygen atoms in total. The van der Waals surface area contributed by atoms with Gasteiger partial charge in [-0.1, -0.05) is 15.9 Å². The van der Waals surface area contributed by atoms with Gasteiger partial charge >= 0.3 is 0 Å². The molecule has 1 heterocycles. The Balaban J connectivity index is 2.30. The van der Waals surface area contributed by atoms with Crippen molar-refractivity contribution in [2.75, 3.05) is 7.11 Å². The molecule has 0 fully saturated rings. The van der Waals surface area contributed by atoms with Gasteiger partial charge in [0.1, 0.15) is 11.4 Å². The first-order valence-electron chi connectivity index (χ1n) is 5.68. The maximum atomic E-state index is 12.3. The number of Topliss-reactive ketones (excluding diaryl/α,β-unsaturated/α-hetero) is 1. The molecule has 0 spiro atoms. The predicted octanol–water partition coefficient (Wildman–Crippen LogP) is 4.80. The van der Waals surface area contributed by atoms with Crippen molar-refractivity contribution in [3.8, 4) is 5.75 Å². The van der Waals surface area contributed by atoms with Gasteiger partial charge in [-0.05, 0) is 56.1 Å². The van der Waals surface area contributed by atoms with E-state index < -0.39 is 0 Å². The average molecular weight is 464 g/mol. The van der Waals surface area contributed by atoms with Gasteiger partial charge in [0.25, 0.3) is 0 Å². The van der Waals surface area contributed by atoms with E-state index in [0.717, 1.165) is 14.5 Å². The summed E-state index contributed by atoms with van der Waals surface area (Å²) >= 11 is 10.1. The Labute approximate surface area is 142 Å². The lowest BCUT2D eigenvalue weighted by Crippen LogP contribution is -2.08. The molecule has 1 aromatic carbocycles. The largest absolute Gasteiger partial charge is 0.496 e. The third-order valence-corrected chi connectivity index (χ3v) is 4.20. The SMILES string of the molecule is COc1ccc(Br)cc1CC(=O)c1ncc(Br)cc1Br. The summed E-state index contributed by atoms with van der Waals surface area (Å²) in [4.78, 5) is 16.5. The zero-order chi connectivity index (χ0) is 14.7. The number of aromatic nitrogens is 1. The topological polar surface area (TPSA) is 39.2 Å². The van der Waals surface area contributed by atoms with E-state index in [-0.39, 0.29) is 12.2 Å². The molecule has 0 atom stereocenters. The Morgan fingerprint density at radius 3 is 2.60 bits per heavy atom. The van der Waals surface area contributed by atoms with Crippen LogP contribution in [0.1, 0.15) is 16.1 Å². The van der Waals surface area contributed by atoms with Gasteiger partial charge < -0.3 is 4.74 Å². The second kappa shape index (κ2) is 6.83. The third-order valence-electron chi connectivity index (χ3n) is 2.67. The normalized spacial score (nSPS) is 10.4. The summed E-state index contributed by atoms with van der Waals surface area (Å²) in [5.74, 6) is 0.621. The van der Waals surface area contributed by atoms with E-state index in [1.807, 2.05) is 18.2 Å². The Kier molecular flexibility index (Phi) is 5.35. The van der Waals surface area contributed by atoms with Crippen molar-refractivity contribution in [3.05, 3.63) is 55.1 Å². The van der Waals surface area contributed by atoms with Gasteiger partial charge in [-0.25, -0.2) is 0 Å². The zero-order valence-corrected chi connectivity index (χ0v) is 15.2. The van der Waals surface area contributed by atoms with E-state index in [4.69, 9.17) is 4.74 Å². The van der Waals surface area contributed by atoms with Gasteiger partial charge in [0.15, 0.2) is 5.78 Å². The molecule has 20 heavy (non-hydrogen) atoms. The summed E-state index contributed by atoms with van der Waals surface area (Å²) in [6.07, 6.45) is 1.84. The van der Waals surface area contributed by atoms with E-state index in [9.17, 15) is 4.79 Å². The van der Waals surface area contributed by atoms with Gasteiger partial charge in [-0.2, -0.15) is 0 Å². The highest BCUT2D eigenvalue weighted by Gasteiger charge is 2.15. The van der Waals surface area contributed by atoms with E-state index in [0.29, 0.717) is 15.9 Å². The first-order chi connectivity index (χ1) is 9.51. The van der Waals surface area contributed by atoms with Crippen LogP contribution in [-0.4, -0.2) is 17.9 Å². The summed E-state index contributed by atoms with van der Waals surface area (Å²) in [5.41, 5.74) is 1.23. The predicted molar refractivity (Wildman–Crippen MR) is 88.4 cm³/mol. The van der Waals surface area contributed by atoms with Crippen LogP contribution in [0, 0.1) is 0 Å². The van der Waals surface area contributed by atoms with E-state index in [1.54, 1.807) is 19.4 Å². The number of ether oxygens (including phenoxy) is 1. The van der Waals surface area contributed by atoms with E-state index >= 15 is 0 Å². The fourth-order valence-corrected chi connectivity index (χ4v) is 3.38. The Bertz CT molecular complexity index is 659. The third kappa shape index (κ3) is 3.68. The fraction of sp³-hybridized carbons (Fsp3) is 0.143. The van der Waals surface area contributed by atoms with Gasteiger partial charge in [0, 0.05) is 31.6 Å². The standard InChI is InChI=1S/C14H10Br3NO2/c1-20-13-3-2-9(15)4-8(13)5-12(19)14-11(17)6-10(16)7-18-14/h2-4,6-7H,5H2,1H3. The number of nitrogens with zero attached hydrogens (tertiary/aromatic N) is 1. The second-order valence-corrected chi connectivity index (χ2v) is 6.73. The van der Waals surface area contributed by atoms with Gasteiger partial charge in [-0.15, -0.1) is 0 Å². The average Bonchev–Trinajstić information content (AvgIpc) is 2.38. The molecule has 2 aromatic rings. The highest BCUT2D eigenvalue weighted by atomic mass is 79.9. The van der Waals surface area contributed by atoms with Crippen LogP contribution in [0.15, 0.2) is 43.9 Å². The minimum absolute atomic E-state index is 0.0687. The molecule has 0 saturated heterocycles. The Hall–Kier alpha value is -0.720. The molecule has 0 aliphatic heterocycles. The number of hydrogen-bond acceptors (Lipinski definition) is 3. The molecule has 6 heteroatoms. The number of carbonyl (C=O) groups is 1. The molecule has 0 bridgehead atoms. The molecule has 0 aliphatic rings. The van der Waals surface area contributed by atoms with Crippen LogP contribution < -0.4 is 4.74 Å². The molecule has 0 radical (unpaired) electrons. The summed E-state index contributed by atoms with van der Waals surface area (Å²) in [6, 6.07) is 7.39. The Morgan fingerprint density at radius 1 is 1.20 bits per heavy atom. The Morgan fingerprint density at radius 2 is 1.95 bits per heavy atom. The number of methoxy groups -OCH3 is 1. The van der Waals surface area contributed by atoms with Crippen molar-refractivity contribution in [2.24, 2.45) is 0 Å². The molecule has 1 aromatic heterocycles. The number of halogens is 3. The molecule has 0 aliphatic carbocycles. The van der Waals surface area contributed by atoms with Crippen LogP contribution in [0.25, 0.3) is 0 Å². The van der Waals surface area contributed by atoms with Crippen molar-refractivity contribution in [2.45, 2.75) is 6.42 Å². The van der Waals surface area contributed by atoms with Crippen molar-refractivity contribution < 1.29 is 9.53 Å². The van der Waals surface area contributed by atoms with Crippen LogP contribution >= 0.6 is 47.8 Å². The number of hydrogen-bond donors (Lipinski definition) is 0.